The van der Waals surface area contributed by atoms with E-state index in [2.05, 4.69) is 6.92 Å². The van der Waals surface area contributed by atoms with E-state index in [1.54, 1.807) is 6.08 Å². The molecule has 0 aromatic rings. The largest absolute Gasteiger partial charge is 0.339 e. The first-order valence-electron chi connectivity index (χ1n) is 5.69. The third-order valence-electron chi connectivity index (χ3n) is 2.70. The number of piperidine rings is 1. The summed E-state index contributed by atoms with van der Waals surface area (Å²) in [4.78, 5) is 15.7. The molecule has 3 nitrogen and oxygen atoms in total. The summed E-state index contributed by atoms with van der Waals surface area (Å²) in [6.07, 6.45) is 6.04. The fourth-order valence-electron chi connectivity index (χ4n) is 1.86. The molecule has 1 atom stereocenters. The SMILES string of the molecule is C[C@H]1CCCN(C(=O)/C=C/CN(C)C)C1. The monoisotopic (exact) mass is 210 g/mol. The second-order valence-electron chi connectivity index (χ2n) is 4.70. The van der Waals surface area contributed by atoms with Crippen LogP contribution in [-0.2, 0) is 4.79 Å². The third-order valence-corrected chi connectivity index (χ3v) is 2.70. The Kier molecular flexibility index (Phi) is 4.82. The van der Waals surface area contributed by atoms with Crippen molar-refractivity contribution >= 4 is 5.91 Å². The maximum atomic E-state index is 11.7. The smallest absolute Gasteiger partial charge is 0.246 e. The van der Waals surface area contributed by atoms with Gasteiger partial charge in [-0.2, -0.15) is 0 Å². The minimum absolute atomic E-state index is 0.170. The Morgan fingerprint density at radius 3 is 2.87 bits per heavy atom. The van der Waals surface area contributed by atoms with Crippen LogP contribution in [0.15, 0.2) is 12.2 Å². The Morgan fingerprint density at radius 1 is 1.53 bits per heavy atom. The summed E-state index contributed by atoms with van der Waals surface area (Å²) in [6.45, 7) is 4.89. The van der Waals surface area contributed by atoms with E-state index < -0.39 is 0 Å². The van der Waals surface area contributed by atoms with E-state index in [4.69, 9.17) is 0 Å². The van der Waals surface area contributed by atoms with Crippen molar-refractivity contribution in [1.82, 2.24) is 9.80 Å². The normalized spacial score (nSPS) is 22.7. The van der Waals surface area contributed by atoms with Crippen LogP contribution in [0, 0.1) is 5.92 Å². The molecule has 3 heteroatoms. The zero-order chi connectivity index (χ0) is 11.3. The van der Waals surface area contributed by atoms with Gasteiger partial charge in [0.05, 0.1) is 0 Å². The molecule has 0 unspecified atom stereocenters. The lowest BCUT2D eigenvalue weighted by atomic mass is 10.0. The second-order valence-corrected chi connectivity index (χ2v) is 4.70. The molecular formula is C12H22N2O. The number of hydrogen-bond donors (Lipinski definition) is 0. The van der Waals surface area contributed by atoms with Crippen molar-refractivity contribution in [2.24, 2.45) is 5.92 Å². The molecule has 0 spiro atoms. The molecule has 0 radical (unpaired) electrons. The van der Waals surface area contributed by atoms with Crippen molar-refractivity contribution in [3.05, 3.63) is 12.2 Å². The van der Waals surface area contributed by atoms with Crippen LogP contribution < -0.4 is 0 Å². The van der Waals surface area contributed by atoms with Gasteiger partial charge < -0.3 is 9.80 Å². The highest BCUT2D eigenvalue weighted by Gasteiger charge is 2.18. The number of nitrogens with zero attached hydrogens (tertiary/aromatic N) is 2. The van der Waals surface area contributed by atoms with E-state index in [1.807, 2.05) is 30.0 Å². The summed E-state index contributed by atoms with van der Waals surface area (Å²) in [6, 6.07) is 0. The van der Waals surface area contributed by atoms with Gasteiger partial charge in [-0.25, -0.2) is 0 Å². The van der Waals surface area contributed by atoms with Crippen molar-refractivity contribution < 1.29 is 4.79 Å². The number of carbonyl (C=O) groups is 1. The molecular weight excluding hydrogens is 188 g/mol. The van der Waals surface area contributed by atoms with Gasteiger partial charge in [0.25, 0.3) is 0 Å². The van der Waals surface area contributed by atoms with E-state index in [0.717, 1.165) is 26.1 Å². The molecule has 0 aromatic carbocycles. The van der Waals surface area contributed by atoms with Gasteiger partial charge >= 0.3 is 0 Å². The van der Waals surface area contributed by atoms with E-state index in [9.17, 15) is 4.79 Å². The lowest BCUT2D eigenvalue weighted by molar-refractivity contribution is -0.127. The predicted molar refractivity (Wildman–Crippen MR) is 62.7 cm³/mol. The summed E-state index contributed by atoms with van der Waals surface area (Å²) in [7, 11) is 4.00. The molecule has 0 bridgehead atoms. The minimum Gasteiger partial charge on any atom is -0.339 e. The average Bonchev–Trinajstić information content (AvgIpc) is 2.17. The molecule has 15 heavy (non-hydrogen) atoms. The van der Waals surface area contributed by atoms with Gasteiger partial charge in [0.2, 0.25) is 5.91 Å². The average molecular weight is 210 g/mol. The fraction of sp³-hybridized carbons (Fsp3) is 0.750. The van der Waals surface area contributed by atoms with Crippen molar-refractivity contribution in [2.45, 2.75) is 19.8 Å². The van der Waals surface area contributed by atoms with Gasteiger partial charge in [0, 0.05) is 25.7 Å². The van der Waals surface area contributed by atoms with Gasteiger partial charge in [0.1, 0.15) is 0 Å². The minimum atomic E-state index is 0.170. The number of amides is 1. The highest BCUT2D eigenvalue weighted by atomic mass is 16.2. The van der Waals surface area contributed by atoms with Crippen LogP contribution in [0.3, 0.4) is 0 Å². The molecule has 1 amide bonds. The maximum Gasteiger partial charge on any atom is 0.246 e. The molecule has 1 rings (SSSR count). The maximum absolute atomic E-state index is 11.7. The molecule has 0 N–H and O–H groups in total. The van der Waals surface area contributed by atoms with E-state index in [-0.39, 0.29) is 5.91 Å². The van der Waals surface area contributed by atoms with Gasteiger partial charge in [-0.1, -0.05) is 13.0 Å². The van der Waals surface area contributed by atoms with Crippen LogP contribution >= 0.6 is 0 Å². The lowest BCUT2D eigenvalue weighted by Crippen LogP contribution is -2.38. The van der Waals surface area contributed by atoms with Crippen molar-refractivity contribution in [3.63, 3.8) is 0 Å². The summed E-state index contributed by atoms with van der Waals surface area (Å²) < 4.78 is 0. The number of hydrogen-bond acceptors (Lipinski definition) is 2. The first kappa shape index (κ1) is 12.2. The Labute approximate surface area is 92.7 Å². The van der Waals surface area contributed by atoms with Crippen molar-refractivity contribution in [3.8, 4) is 0 Å². The standard InChI is InChI=1S/C12H22N2O/c1-11-6-4-9-14(10-11)12(15)7-5-8-13(2)3/h5,7,11H,4,6,8-10H2,1-3H3/b7-5+/t11-/m0/s1. The van der Waals surface area contributed by atoms with Gasteiger partial charge in [0.15, 0.2) is 0 Å². The lowest BCUT2D eigenvalue weighted by Gasteiger charge is -2.30. The van der Waals surface area contributed by atoms with Gasteiger partial charge in [-0.15, -0.1) is 0 Å². The van der Waals surface area contributed by atoms with Crippen molar-refractivity contribution in [2.75, 3.05) is 33.7 Å². The Balaban J connectivity index is 2.35. The van der Waals surface area contributed by atoms with Crippen LogP contribution in [0.4, 0.5) is 0 Å². The van der Waals surface area contributed by atoms with Gasteiger partial charge in [-0.05, 0) is 32.9 Å². The number of rotatable bonds is 3. The topological polar surface area (TPSA) is 23.6 Å². The van der Waals surface area contributed by atoms with E-state index in [0.29, 0.717) is 5.92 Å². The molecule has 0 aromatic heterocycles. The molecule has 1 aliphatic heterocycles. The van der Waals surface area contributed by atoms with Crippen molar-refractivity contribution in [1.29, 1.82) is 0 Å². The van der Waals surface area contributed by atoms with Crippen LogP contribution in [0.25, 0.3) is 0 Å². The molecule has 86 valence electrons. The third kappa shape index (κ3) is 4.47. The molecule has 1 heterocycles. The molecule has 1 fully saturated rings. The number of likely N-dealkylation sites (N-methyl/N-ethyl adjacent to an activating group) is 1. The summed E-state index contributed by atoms with van der Waals surface area (Å²) in [5.74, 6) is 0.827. The second kappa shape index (κ2) is 5.91. The Hall–Kier alpha value is -0.830. The highest BCUT2D eigenvalue weighted by molar-refractivity contribution is 5.87. The summed E-state index contributed by atoms with van der Waals surface area (Å²) >= 11 is 0. The first-order valence-corrected chi connectivity index (χ1v) is 5.69. The molecule has 1 aliphatic rings. The Morgan fingerprint density at radius 2 is 2.27 bits per heavy atom. The van der Waals surface area contributed by atoms with Gasteiger partial charge in [-0.3, -0.25) is 4.79 Å². The fourth-order valence-corrected chi connectivity index (χ4v) is 1.86. The van der Waals surface area contributed by atoms with E-state index in [1.165, 1.54) is 6.42 Å². The molecule has 0 saturated carbocycles. The van der Waals surface area contributed by atoms with E-state index >= 15 is 0 Å². The predicted octanol–water partition coefficient (Wildman–Crippen LogP) is 1.36. The highest BCUT2D eigenvalue weighted by Crippen LogP contribution is 2.15. The Bertz CT molecular complexity index is 236. The number of carbonyl (C=O) groups excluding carboxylic acids is 1. The molecule has 0 aliphatic carbocycles. The van der Waals surface area contributed by atoms with Crippen LogP contribution in [0.5, 0.6) is 0 Å². The molecule has 1 saturated heterocycles. The zero-order valence-corrected chi connectivity index (χ0v) is 10.1. The number of likely N-dealkylation sites (tertiary alicyclic amines) is 1. The summed E-state index contributed by atoms with van der Waals surface area (Å²) in [5.41, 5.74) is 0. The van der Waals surface area contributed by atoms with Crippen LogP contribution in [0.1, 0.15) is 19.8 Å². The van der Waals surface area contributed by atoms with Crippen LogP contribution in [0.2, 0.25) is 0 Å². The zero-order valence-electron chi connectivity index (χ0n) is 10.1. The quantitative estimate of drug-likeness (QED) is 0.657. The summed E-state index contributed by atoms with van der Waals surface area (Å²) in [5, 5.41) is 0. The van der Waals surface area contributed by atoms with Crippen LogP contribution in [-0.4, -0.2) is 49.4 Å². The first-order chi connectivity index (χ1) is 7.09.